The van der Waals surface area contributed by atoms with Crippen molar-refractivity contribution in [3.05, 3.63) is 148 Å². The SMILES string of the molecule is CCc1cccc(N(CC)C(=O)Cn2c(C(=O)CC3CCC(C(=O)NCCCCCCNC(=O)c4ccc5c(c4)C4(OC5=O)c5ccc(NC(=O)C(F)(F)F)cc5Oc5cc(NC(=O)C(F)(F)F)ccc54)CC3)cc3ccccc32)c1. The number of unbranched alkanes of at least 4 members (excludes halogenated alkanes) is 3. The minimum Gasteiger partial charge on any atom is -0.456 e. The molecule has 1 aliphatic carbocycles. The highest BCUT2D eigenvalue weighted by molar-refractivity contribution is 6.03. The number of esters is 1. The molecule has 1 spiro atoms. The molecule has 5 amide bonds. The van der Waals surface area contributed by atoms with Gasteiger partial charge in [0.25, 0.3) is 5.91 Å². The molecule has 21 heteroatoms. The highest BCUT2D eigenvalue weighted by Gasteiger charge is 2.54. The third-order valence-corrected chi connectivity index (χ3v) is 15.1. The van der Waals surface area contributed by atoms with Crippen LogP contribution in [-0.4, -0.2) is 77.8 Å². The number of anilines is 3. The lowest BCUT2D eigenvalue weighted by Gasteiger charge is -2.37. The van der Waals surface area contributed by atoms with Gasteiger partial charge in [-0.05, 0) is 130 Å². The number of fused-ring (bicyclic) bond motifs is 7. The summed E-state index contributed by atoms with van der Waals surface area (Å²) in [7, 11) is 0. The molecule has 0 radical (unpaired) electrons. The number of carbonyl (C=O) groups is 7. The lowest BCUT2D eigenvalue weighted by molar-refractivity contribution is -0.167. The van der Waals surface area contributed by atoms with Crippen LogP contribution in [0.4, 0.5) is 43.4 Å². The molecular weight excluding hydrogens is 1060 g/mol. The van der Waals surface area contributed by atoms with E-state index >= 15 is 0 Å². The van der Waals surface area contributed by atoms with Gasteiger partial charge in [0.2, 0.25) is 11.8 Å². The minimum absolute atomic E-state index is 0.00260. The van der Waals surface area contributed by atoms with E-state index in [1.54, 1.807) is 15.5 Å². The van der Waals surface area contributed by atoms with E-state index < -0.39 is 53.0 Å². The Morgan fingerprint density at radius 2 is 1.31 bits per heavy atom. The van der Waals surface area contributed by atoms with Crippen LogP contribution in [0.25, 0.3) is 10.9 Å². The Morgan fingerprint density at radius 1 is 0.679 bits per heavy atom. The fraction of sp³-hybridized carbons (Fsp3) is 0.350. The first-order valence-corrected chi connectivity index (χ1v) is 26.9. The predicted molar refractivity (Wildman–Crippen MR) is 288 cm³/mol. The number of benzene rings is 5. The van der Waals surface area contributed by atoms with Crippen LogP contribution in [0.15, 0.2) is 109 Å². The molecular formula is C60H58F6N6O9. The number of rotatable bonds is 19. The van der Waals surface area contributed by atoms with E-state index in [2.05, 4.69) is 17.6 Å². The third kappa shape index (κ3) is 12.3. The predicted octanol–water partition coefficient (Wildman–Crippen LogP) is 11.3. The lowest BCUT2D eigenvalue weighted by Crippen LogP contribution is -2.35. The van der Waals surface area contributed by atoms with E-state index in [0.717, 1.165) is 72.1 Å². The monoisotopic (exact) mass is 1120 g/mol. The smallest absolute Gasteiger partial charge is 0.456 e. The van der Waals surface area contributed by atoms with Crippen molar-refractivity contribution in [3.63, 3.8) is 0 Å². The number of Topliss-reactive ketones (excluding diaryl/α,β-unsaturated/α-hetero) is 1. The molecule has 9 rings (SSSR count). The number of hydrogen-bond acceptors (Lipinski definition) is 9. The number of ketones is 1. The summed E-state index contributed by atoms with van der Waals surface area (Å²) in [6.45, 7) is 5.23. The lowest BCUT2D eigenvalue weighted by atomic mass is 9.77. The molecule has 15 nitrogen and oxygen atoms in total. The second-order valence-electron chi connectivity index (χ2n) is 20.4. The van der Waals surface area contributed by atoms with E-state index in [0.29, 0.717) is 57.3 Å². The van der Waals surface area contributed by atoms with E-state index in [4.69, 9.17) is 9.47 Å². The van der Waals surface area contributed by atoms with Crippen molar-refractivity contribution < 1.29 is 69.4 Å². The first kappa shape index (κ1) is 57.2. The average Bonchev–Trinajstić information content (AvgIpc) is 2.77. The molecule has 81 heavy (non-hydrogen) atoms. The molecule has 0 unspecified atom stereocenters. The van der Waals surface area contributed by atoms with Crippen LogP contribution in [0.2, 0.25) is 0 Å². The van der Waals surface area contributed by atoms with Gasteiger partial charge in [-0.2, -0.15) is 26.3 Å². The third-order valence-electron chi connectivity index (χ3n) is 15.1. The van der Waals surface area contributed by atoms with Crippen molar-refractivity contribution in [2.45, 2.75) is 103 Å². The zero-order chi connectivity index (χ0) is 57.8. The number of ether oxygens (including phenoxy) is 2. The summed E-state index contributed by atoms with van der Waals surface area (Å²) in [6.07, 6.45) is -3.86. The second-order valence-corrected chi connectivity index (χ2v) is 20.4. The van der Waals surface area contributed by atoms with Gasteiger partial charge in [-0.25, -0.2) is 4.79 Å². The van der Waals surface area contributed by atoms with Gasteiger partial charge < -0.3 is 40.2 Å². The molecule has 1 aromatic heterocycles. The second kappa shape index (κ2) is 23.7. The van der Waals surface area contributed by atoms with Crippen molar-refractivity contribution in [1.82, 2.24) is 15.2 Å². The molecule has 4 N–H and O–H groups in total. The van der Waals surface area contributed by atoms with E-state index in [-0.39, 0.29) is 81.8 Å². The number of likely N-dealkylation sites (N-methyl/N-ethyl adjacent to an activating group) is 1. The van der Waals surface area contributed by atoms with Gasteiger partial charge in [0.15, 0.2) is 11.4 Å². The number of halogens is 6. The Hall–Kier alpha value is -8.49. The molecule has 424 valence electrons. The van der Waals surface area contributed by atoms with Crippen LogP contribution in [0.3, 0.4) is 0 Å². The molecule has 2 aliphatic heterocycles. The Bertz CT molecular complexity index is 3360. The summed E-state index contributed by atoms with van der Waals surface area (Å²) in [4.78, 5) is 93.6. The molecule has 5 aromatic carbocycles. The zero-order valence-corrected chi connectivity index (χ0v) is 44.3. The molecule has 0 atom stereocenters. The molecule has 1 saturated carbocycles. The molecule has 6 aromatic rings. The van der Waals surface area contributed by atoms with Gasteiger partial charge in [0, 0.05) is 94.3 Å². The number of alkyl halides is 6. The zero-order valence-electron chi connectivity index (χ0n) is 44.3. The van der Waals surface area contributed by atoms with Gasteiger partial charge in [-0.3, -0.25) is 28.8 Å². The largest absolute Gasteiger partial charge is 0.471 e. The molecule has 1 fully saturated rings. The van der Waals surface area contributed by atoms with E-state index in [1.165, 1.54) is 30.3 Å². The number of amides is 5. The molecule has 3 heterocycles. The van der Waals surface area contributed by atoms with Crippen molar-refractivity contribution in [1.29, 1.82) is 0 Å². The fourth-order valence-corrected chi connectivity index (χ4v) is 11.0. The molecule has 3 aliphatic rings. The first-order valence-electron chi connectivity index (χ1n) is 26.9. The van der Waals surface area contributed by atoms with Gasteiger partial charge in [-0.1, -0.05) is 50.1 Å². The van der Waals surface area contributed by atoms with Crippen LogP contribution in [0.5, 0.6) is 11.5 Å². The summed E-state index contributed by atoms with van der Waals surface area (Å²) in [5.41, 5.74) is 0.803. The maximum Gasteiger partial charge on any atom is 0.471 e. The number of carbonyl (C=O) groups excluding carboxylic acids is 7. The quantitative estimate of drug-likeness (QED) is 0.0264. The Labute approximate surface area is 461 Å². The first-order chi connectivity index (χ1) is 38.7. The Morgan fingerprint density at radius 3 is 1.93 bits per heavy atom. The summed E-state index contributed by atoms with van der Waals surface area (Å²) in [6, 6.07) is 28.3. The highest BCUT2D eigenvalue weighted by Crippen LogP contribution is 2.57. The minimum atomic E-state index is -5.26. The summed E-state index contributed by atoms with van der Waals surface area (Å²) in [5.74, 6) is -6.76. The molecule has 0 bridgehead atoms. The topological polar surface area (TPSA) is 194 Å². The Balaban J connectivity index is 0.754. The van der Waals surface area contributed by atoms with Crippen molar-refractivity contribution in [2.24, 2.45) is 11.8 Å². The number of para-hydroxylation sites is 1. The van der Waals surface area contributed by atoms with Crippen molar-refractivity contribution in [3.8, 4) is 11.5 Å². The summed E-state index contributed by atoms with van der Waals surface area (Å²) in [5, 5.41) is 10.2. The normalized spacial score (nSPS) is 16.1. The number of aromatic nitrogens is 1. The van der Waals surface area contributed by atoms with Crippen LogP contribution in [0.1, 0.15) is 125 Å². The fourth-order valence-electron chi connectivity index (χ4n) is 11.0. The maximum atomic E-state index is 14.0. The van der Waals surface area contributed by atoms with Crippen LogP contribution >= 0.6 is 0 Å². The van der Waals surface area contributed by atoms with Gasteiger partial charge in [0.1, 0.15) is 18.0 Å². The van der Waals surface area contributed by atoms with Gasteiger partial charge >= 0.3 is 30.1 Å². The van der Waals surface area contributed by atoms with Crippen molar-refractivity contribution in [2.75, 3.05) is 35.2 Å². The standard InChI is InChI=1S/C60H58F6N6O9/c1-3-35-12-11-14-42(28-35)71(4-2)52(74)34-72-47-15-8-7-13-38(47)31-48(72)49(73)29-36-16-18-37(19-17-36)53(75)67-26-9-5-6-10-27-68-54(76)39-20-23-43-46(30-39)58(81-55(43)77)44-24-21-40(69-56(78)59(61,62)63)32-50(44)80-51-33-41(22-25-45(51)58)70-57(79)60(64,65)66/h7-8,11-15,20-25,28,30-33,36-37H,3-6,9-10,16-19,26-27,29,34H2,1-2H3,(H,67,75)(H,68,76)(H,69,78)(H,70,79). The Kier molecular flexibility index (Phi) is 16.7. The molecule has 0 saturated heterocycles. The van der Waals surface area contributed by atoms with Gasteiger partial charge in [-0.15, -0.1) is 0 Å². The van der Waals surface area contributed by atoms with Crippen LogP contribution < -0.4 is 30.9 Å². The van der Waals surface area contributed by atoms with Crippen LogP contribution in [-0.2, 0) is 42.5 Å². The maximum absolute atomic E-state index is 14.0. The van der Waals surface area contributed by atoms with Crippen molar-refractivity contribution >= 4 is 69.3 Å². The van der Waals surface area contributed by atoms with E-state index in [1.807, 2.05) is 66.1 Å². The number of hydrogen-bond donors (Lipinski definition) is 4. The van der Waals surface area contributed by atoms with E-state index in [9.17, 15) is 59.9 Å². The average molecular weight is 1120 g/mol. The van der Waals surface area contributed by atoms with Crippen LogP contribution in [0, 0.1) is 11.8 Å². The summed E-state index contributed by atoms with van der Waals surface area (Å²) >= 11 is 0. The highest BCUT2D eigenvalue weighted by atomic mass is 19.4. The number of nitrogens with one attached hydrogen (secondary N) is 4. The van der Waals surface area contributed by atoms with Gasteiger partial charge in [0.05, 0.1) is 11.3 Å². The number of aryl methyl sites for hydroxylation is 1. The summed E-state index contributed by atoms with van der Waals surface area (Å²) < 4.78 is 92.9. The number of nitrogens with zero attached hydrogens (tertiary/aromatic N) is 2.